The third-order valence-corrected chi connectivity index (χ3v) is 7.43. The van der Waals surface area contributed by atoms with Crippen molar-refractivity contribution in [2.75, 3.05) is 41.9 Å². The minimum Gasteiger partial charge on any atom is -0.494 e. The van der Waals surface area contributed by atoms with E-state index in [-0.39, 0.29) is 11.5 Å². The number of anilines is 3. The summed E-state index contributed by atoms with van der Waals surface area (Å²) < 4.78 is 30.9. The molecule has 9 nitrogen and oxygen atoms in total. The van der Waals surface area contributed by atoms with Crippen molar-refractivity contribution in [3.8, 4) is 17.1 Å². The molecule has 4 aromatic rings. The summed E-state index contributed by atoms with van der Waals surface area (Å²) in [5, 5.41) is 3.61. The van der Waals surface area contributed by atoms with Crippen LogP contribution in [-0.2, 0) is 9.84 Å². The molecule has 0 spiro atoms. The Morgan fingerprint density at radius 1 is 1.09 bits per heavy atom. The maximum Gasteiger partial charge on any atom is 0.227 e. The van der Waals surface area contributed by atoms with Crippen LogP contribution in [-0.4, -0.2) is 59.5 Å². The average Bonchev–Trinajstić information content (AvgIpc) is 3.25. The molecule has 0 atom stereocenters. The molecule has 5 rings (SSSR count). The van der Waals surface area contributed by atoms with E-state index in [9.17, 15) is 8.42 Å². The van der Waals surface area contributed by atoms with Gasteiger partial charge in [0.25, 0.3) is 0 Å². The molecule has 1 fully saturated rings. The first-order chi connectivity index (χ1) is 15.9. The first-order valence-electron chi connectivity index (χ1n) is 10.3. The van der Waals surface area contributed by atoms with E-state index in [2.05, 4.69) is 20.3 Å². The number of hydrogen-bond acceptors (Lipinski definition) is 8. The van der Waals surface area contributed by atoms with Gasteiger partial charge >= 0.3 is 0 Å². The summed E-state index contributed by atoms with van der Waals surface area (Å²) in [6, 6.07) is 11.4. The summed E-state index contributed by atoms with van der Waals surface area (Å²) in [4.78, 5) is 15.4. The summed E-state index contributed by atoms with van der Waals surface area (Å²) in [5.74, 6) is 1.26. The van der Waals surface area contributed by atoms with Crippen LogP contribution in [0.15, 0.2) is 55.0 Å². The van der Waals surface area contributed by atoms with Crippen molar-refractivity contribution in [2.45, 2.75) is 0 Å². The van der Waals surface area contributed by atoms with Crippen LogP contribution in [0.4, 0.5) is 17.3 Å². The van der Waals surface area contributed by atoms with Crippen LogP contribution in [0.2, 0.25) is 5.02 Å². The number of ether oxygens (including phenoxy) is 1. The number of rotatable bonds is 5. The van der Waals surface area contributed by atoms with Gasteiger partial charge in [0.1, 0.15) is 17.1 Å². The van der Waals surface area contributed by atoms with Crippen LogP contribution in [0, 0.1) is 0 Å². The highest BCUT2D eigenvalue weighted by molar-refractivity contribution is 7.91. The number of hydrogen-bond donors (Lipinski definition) is 1. The molecular weight excluding hydrogens is 464 g/mol. The van der Waals surface area contributed by atoms with Gasteiger partial charge in [0, 0.05) is 31.0 Å². The van der Waals surface area contributed by atoms with Crippen molar-refractivity contribution >= 4 is 44.4 Å². The average molecular weight is 485 g/mol. The van der Waals surface area contributed by atoms with Crippen LogP contribution in [0.3, 0.4) is 0 Å². The highest BCUT2D eigenvalue weighted by Gasteiger charge is 2.22. The first-order valence-corrected chi connectivity index (χ1v) is 12.5. The van der Waals surface area contributed by atoms with Crippen molar-refractivity contribution in [3.63, 3.8) is 0 Å². The number of nitrogens with one attached hydrogen (secondary N) is 1. The summed E-state index contributed by atoms with van der Waals surface area (Å²) in [5.41, 5.74) is 3.67. The lowest BCUT2D eigenvalue weighted by Gasteiger charge is -2.29. The third-order valence-electron chi connectivity index (χ3n) is 5.54. The fraction of sp³-hybridized carbons (Fsp3) is 0.227. The van der Waals surface area contributed by atoms with Crippen molar-refractivity contribution in [1.29, 1.82) is 0 Å². The minimum absolute atomic E-state index is 0.153. The van der Waals surface area contributed by atoms with Gasteiger partial charge in [-0.25, -0.2) is 23.4 Å². The van der Waals surface area contributed by atoms with Gasteiger partial charge in [-0.3, -0.25) is 4.40 Å². The van der Waals surface area contributed by atoms with E-state index in [0.29, 0.717) is 41.2 Å². The third kappa shape index (κ3) is 4.31. The Morgan fingerprint density at radius 3 is 2.70 bits per heavy atom. The number of nitrogens with zero attached hydrogens (tertiary/aromatic N) is 5. The number of halogens is 1. The number of fused-ring (bicyclic) bond motifs is 1. The normalized spacial score (nSPS) is 15.5. The lowest BCUT2D eigenvalue weighted by Crippen LogP contribution is -2.40. The molecule has 0 unspecified atom stereocenters. The lowest BCUT2D eigenvalue weighted by atomic mass is 10.2. The predicted octanol–water partition coefficient (Wildman–Crippen LogP) is 3.43. The summed E-state index contributed by atoms with van der Waals surface area (Å²) in [6.07, 6.45) is 5.17. The van der Waals surface area contributed by atoms with Gasteiger partial charge in [0.15, 0.2) is 9.84 Å². The minimum atomic E-state index is -2.95. The molecule has 1 aliphatic rings. The number of imidazole rings is 1. The lowest BCUT2D eigenvalue weighted by molar-refractivity contribution is 0.416. The fourth-order valence-electron chi connectivity index (χ4n) is 3.79. The Hall–Kier alpha value is -3.37. The van der Waals surface area contributed by atoms with E-state index >= 15 is 0 Å². The predicted molar refractivity (Wildman–Crippen MR) is 128 cm³/mol. The molecule has 1 N–H and O–H groups in total. The number of pyridine rings is 1. The second kappa shape index (κ2) is 8.53. The monoisotopic (exact) mass is 484 g/mol. The number of aromatic nitrogens is 4. The van der Waals surface area contributed by atoms with Gasteiger partial charge in [0.05, 0.1) is 47.4 Å². The zero-order valence-electron chi connectivity index (χ0n) is 17.8. The molecule has 1 saturated heterocycles. The van der Waals surface area contributed by atoms with Crippen LogP contribution in [0.5, 0.6) is 5.75 Å². The number of sulfone groups is 1. The van der Waals surface area contributed by atoms with Gasteiger partial charge in [-0.1, -0.05) is 17.7 Å². The molecular formula is C22H21ClN6O3S. The summed E-state index contributed by atoms with van der Waals surface area (Å²) in [6.45, 7) is 0.919. The van der Waals surface area contributed by atoms with Gasteiger partial charge < -0.3 is 15.0 Å². The van der Waals surface area contributed by atoms with Crippen molar-refractivity contribution in [1.82, 2.24) is 19.4 Å². The molecule has 1 aromatic carbocycles. The SMILES string of the molecule is COc1cc(N2CCS(=O)(=O)CC2)ccc1Nc1ncc(Cl)c(-c2cnc3ccccn23)n1. The van der Waals surface area contributed by atoms with Gasteiger partial charge in [-0.15, -0.1) is 0 Å². The van der Waals surface area contributed by atoms with Crippen LogP contribution >= 0.6 is 11.6 Å². The molecule has 33 heavy (non-hydrogen) atoms. The maximum atomic E-state index is 11.7. The zero-order valence-corrected chi connectivity index (χ0v) is 19.3. The molecule has 170 valence electrons. The molecule has 3 aromatic heterocycles. The summed E-state index contributed by atoms with van der Waals surface area (Å²) >= 11 is 6.41. The molecule has 11 heteroatoms. The van der Waals surface area contributed by atoms with E-state index in [0.717, 1.165) is 17.0 Å². The molecule has 4 heterocycles. The van der Waals surface area contributed by atoms with E-state index in [1.807, 2.05) is 51.9 Å². The Morgan fingerprint density at radius 2 is 1.91 bits per heavy atom. The van der Waals surface area contributed by atoms with E-state index < -0.39 is 9.84 Å². The van der Waals surface area contributed by atoms with Crippen LogP contribution in [0.1, 0.15) is 0 Å². The van der Waals surface area contributed by atoms with E-state index in [4.69, 9.17) is 16.3 Å². The van der Waals surface area contributed by atoms with Gasteiger partial charge in [-0.05, 0) is 24.3 Å². The number of methoxy groups -OCH3 is 1. The second-order valence-electron chi connectivity index (χ2n) is 7.61. The topological polar surface area (TPSA) is 102 Å². The Labute approximate surface area is 195 Å². The first kappa shape index (κ1) is 21.5. The molecule has 1 aliphatic heterocycles. The maximum absolute atomic E-state index is 11.7. The quantitative estimate of drug-likeness (QED) is 0.459. The molecule has 0 amide bonds. The molecule has 0 radical (unpaired) electrons. The molecule has 0 bridgehead atoms. The molecule has 0 aliphatic carbocycles. The fourth-order valence-corrected chi connectivity index (χ4v) is 5.17. The summed E-state index contributed by atoms with van der Waals surface area (Å²) in [7, 11) is -1.37. The van der Waals surface area contributed by atoms with Crippen LogP contribution in [0.25, 0.3) is 17.0 Å². The number of benzene rings is 1. The largest absolute Gasteiger partial charge is 0.494 e. The Bertz CT molecular complexity index is 1430. The van der Waals surface area contributed by atoms with Gasteiger partial charge in [0.2, 0.25) is 5.95 Å². The Balaban J connectivity index is 1.43. The highest BCUT2D eigenvalue weighted by atomic mass is 35.5. The van der Waals surface area contributed by atoms with E-state index in [1.165, 1.54) is 0 Å². The smallest absolute Gasteiger partial charge is 0.227 e. The van der Waals surface area contributed by atoms with Crippen molar-refractivity contribution in [3.05, 3.63) is 60.0 Å². The highest BCUT2D eigenvalue weighted by Crippen LogP contribution is 2.33. The Kier molecular flexibility index (Phi) is 5.55. The zero-order chi connectivity index (χ0) is 23.0. The van der Waals surface area contributed by atoms with E-state index in [1.54, 1.807) is 19.5 Å². The van der Waals surface area contributed by atoms with Crippen molar-refractivity contribution in [2.24, 2.45) is 0 Å². The van der Waals surface area contributed by atoms with Crippen LogP contribution < -0.4 is 15.0 Å². The standard InChI is InChI=1S/C22H21ClN6O3S/c1-32-19-12-15(28-8-10-33(30,31)11-9-28)5-6-17(19)26-22-25-13-16(23)21(27-22)18-14-24-20-4-2-3-7-29(18)20/h2-7,12-14H,8-11H2,1H3,(H,25,26,27). The molecule has 0 saturated carbocycles. The van der Waals surface area contributed by atoms with Crippen molar-refractivity contribution < 1.29 is 13.2 Å². The second-order valence-corrected chi connectivity index (χ2v) is 10.3. The van der Waals surface area contributed by atoms with Gasteiger partial charge in [-0.2, -0.15) is 0 Å².